The topological polar surface area (TPSA) is 105 Å². The number of carbonyl (C=O) groups is 1. The summed E-state index contributed by atoms with van der Waals surface area (Å²) < 4.78 is 0. The van der Waals surface area contributed by atoms with Gasteiger partial charge < -0.3 is 10.7 Å². The lowest BCUT2D eigenvalue weighted by molar-refractivity contribution is 0.0995. The molecule has 3 aromatic heterocycles. The Morgan fingerprint density at radius 1 is 1.27 bits per heavy atom. The third kappa shape index (κ3) is 4.33. The number of aryl methyl sites for hydroxylation is 1. The van der Waals surface area contributed by atoms with Gasteiger partial charge in [0.2, 0.25) is 0 Å². The summed E-state index contributed by atoms with van der Waals surface area (Å²) in [5, 5.41) is 0. The number of pyridine rings is 3. The Labute approximate surface area is 192 Å². The van der Waals surface area contributed by atoms with Crippen LogP contribution in [0.3, 0.4) is 0 Å². The average molecular weight is 444 g/mol. The molecule has 1 atom stereocenters. The number of amides is 1. The maximum absolute atomic E-state index is 12.2. The first-order valence-corrected chi connectivity index (χ1v) is 11.7. The summed E-state index contributed by atoms with van der Waals surface area (Å²) in [6.45, 7) is 6.71. The van der Waals surface area contributed by atoms with Crippen LogP contribution in [0.15, 0.2) is 41.3 Å². The summed E-state index contributed by atoms with van der Waals surface area (Å²) in [6.07, 6.45) is 7.12. The van der Waals surface area contributed by atoms with Crippen LogP contribution in [0.4, 0.5) is 0 Å². The molecule has 1 unspecified atom stereocenters. The Bertz CT molecular complexity index is 1320. The summed E-state index contributed by atoms with van der Waals surface area (Å²) >= 11 is 0. The zero-order valence-corrected chi connectivity index (χ0v) is 19.1. The first kappa shape index (κ1) is 21.5. The standard InChI is InChI=1S/C26H29N5O2/c1-3-17-11-22-23(30-26(17)33)10-16(12-28-22)14-31-9-8-19(15(2)13-31)20-6-7-21(25(27)32)29-24(20)18-4-5-18/h6-8,10-12,15,18H,3-5,9,13-14H2,1-2H3,(H2,27,32)(H,30,33). The van der Waals surface area contributed by atoms with E-state index in [0.29, 0.717) is 24.0 Å². The predicted octanol–water partition coefficient (Wildman–Crippen LogP) is 3.39. The molecule has 3 N–H and O–H groups in total. The van der Waals surface area contributed by atoms with E-state index in [4.69, 9.17) is 5.73 Å². The minimum Gasteiger partial charge on any atom is -0.364 e. The highest BCUT2D eigenvalue weighted by molar-refractivity contribution is 5.91. The Kier molecular flexibility index (Phi) is 5.58. The van der Waals surface area contributed by atoms with Crippen LogP contribution < -0.4 is 11.3 Å². The van der Waals surface area contributed by atoms with Gasteiger partial charge in [-0.15, -0.1) is 0 Å². The van der Waals surface area contributed by atoms with Gasteiger partial charge in [-0.2, -0.15) is 0 Å². The van der Waals surface area contributed by atoms with E-state index >= 15 is 0 Å². The zero-order chi connectivity index (χ0) is 23.1. The number of rotatable bonds is 6. The number of primary amides is 1. The van der Waals surface area contributed by atoms with E-state index in [-0.39, 0.29) is 5.56 Å². The molecule has 0 aromatic carbocycles. The summed E-state index contributed by atoms with van der Waals surface area (Å²) in [4.78, 5) is 38.3. The number of hydrogen-bond donors (Lipinski definition) is 2. The molecule has 4 heterocycles. The molecular weight excluding hydrogens is 414 g/mol. The molecule has 1 saturated carbocycles. The van der Waals surface area contributed by atoms with Crippen LogP contribution >= 0.6 is 0 Å². The van der Waals surface area contributed by atoms with Crippen molar-refractivity contribution in [1.82, 2.24) is 19.9 Å². The largest absolute Gasteiger partial charge is 0.364 e. The summed E-state index contributed by atoms with van der Waals surface area (Å²) in [6, 6.07) is 7.68. The predicted molar refractivity (Wildman–Crippen MR) is 129 cm³/mol. The van der Waals surface area contributed by atoms with Gasteiger partial charge in [-0.3, -0.25) is 19.5 Å². The van der Waals surface area contributed by atoms with E-state index in [1.807, 2.05) is 31.3 Å². The molecule has 1 aliphatic carbocycles. The Morgan fingerprint density at radius 2 is 2.09 bits per heavy atom. The monoisotopic (exact) mass is 443 g/mol. The van der Waals surface area contributed by atoms with Crippen LogP contribution in [0.1, 0.15) is 65.5 Å². The van der Waals surface area contributed by atoms with Crippen molar-refractivity contribution in [2.24, 2.45) is 11.7 Å². The van der Waals surface area contributed by atoms with Crippen LogP contribution in [-0.4, -0.2) is 38.8 Å². The minimum atomic E-state index is -0.475. The number of fused-ring (bicyclic) bond motifs is 1. The van der Waals surface area contributed by atoms with Crippen molar-refractivity contribution in [3.8, 4) is 0 Å². The molecule has 0 bridgehead atoms. The maximum Gasteiger partial charge on any atom is 0.267 e. The number of nitrogens with zero attached hydrogens (tertiary/aromatic N) is 3. The molecule has 0 radical (unpaired) electrons. The highest BCUT2D eigenvalue weighted by Crippen LogP contribution is 2.43. The van der Waals surface area contributed by atoms with Gasteiger partial charge in [0.25, 0.3) is 11.5 Å². The number of aromatic amines is 1. The summed E-state index contributed by atoms with van der Waals surface area (Å²) in [5.74, 6) is 0.291. The average Bonchev–Trinajstić information content (AvgIpc) is 3.64. The molecule has 0 saturated heterocycles. The number of nitrogens with one attached hydrogen (secondary N) is 1. The van der Waals surface area contributed by atoms with Crippen molar-refractivity contribution in [2.75, 3.05) is 13.1 Å². The van der Waals surface area contributed by atoms with Crippen LogP contribution in [-0.2, 0) is 13.0 Å². The van der Waals surface area contributed by atoms with Crippen molar-refractivity contribution in [3.05, 3.63) is 75.0 Å². The molecule has 7 heteroatoms. The molecular formula is C26H29N5O2. The fourth-order valence-corrected chi connectivity index (χ4v) is 4.79. The molecule has 33 heavy (non-hydrogen) atoms. The smallest absolute Gasteiger partial charge is 0.267 e. The second-order valence-corrected chi connectivity index (χ2v) is 9.28. The molecule has 0 spiro atoms. The lowest BCUT2D eigenvalue weighted by Crippen LogP contribution is -2.33. The van der Waals surface area contributed by atoms with Gasteiger partial charge in [0.1, 0.15) is 5.69 Å². The Hall–Kier alpha value is -3.32. The van der Waals surface area contributed by atoms with Gasteiger partial charge >= 0.3 is 0 Å². The van der Waals surface area contributed by atoms with Gasteiger partial charge in [0, 0.05) is 37.3 Å². The van der Waals surface area contributed by atoms with Crippen LogP contribution in [0.5, 0.6) is 0 Å². The van der Waals surface area contributed by atoms with E-state index in [0.717, 1.165) is 65.9 Å². The third-order valence-corrected chi connectivity index (χ3v) is 6.70. The quantitative estimate of drug-likeness (QED) is 0.608. The molecule has 1 fully saturated rings. The number of H-pyrrole nitrogens is 1. The lowest BCUT2D eigenvalue weighted by Gasteiger charge is -2.32. The minimum absolute atomic E-state index is 0.0365. The highest BCUT2D eigenvalue weighted by atomic mass is 16.1. The molecule has 3 aromatic rings. The molecule has 1 amide bonds. The molecule has 7 nitrogen and oxygen atoms in total. The van der Waals surface area contributed by atoms with Gasteiger partial charge in [-0.25, -0.2) is 4.98 Å². The molecule has 1 aliphatic heterocycles. The summed E-state index contributed by atoms with van der Waals surface area (Å²) in [7, 11) is 0. The van der Waals surface area contributed by atoms with Crippen molar-refractivity contribution in [2.45, 2.75) is 45.6 Å². The first-order chi connectivity index (χ1) is 15.9. The lowest BCUT2D eigenvalue weighted by atomic mass is 9.88. The fraction of sp³-hybridized carbons (Fsp3) is 0.385. The maximum atomic E-state index is 12.2. The van der Waals surface area contributed by atoms with Crippen molar-refractivity contribution in [1.29, 1.82) is 0 Å². The van der Waals surface area contributed by atoms with E-state index in [9.17, 15) is 9.59 Å². The number of hydrogen-bond acceptors (Lipinski definition) is 5. The van der Waals surface area contributed by atoms with Crippen LogP contribution in [0, 0.1) is 5.92 Å². The van der Waals surface area contributed by atoms with E-state index < -0.39 is 5.91 Å². The Balaban J connectivity index is 1.37. The second-order valence-electron chi connectivity index (χ2n) is 9.28. The van der Waals surface area contributed by atoms with Crippen LogP contribution in [0.25, 0.3) is 16.6 Å². The first-order valence-electron chi connectivity index (χ1n) is 11.7. The SMILES string of the molecule is CCc1cc2ncc(CN3CC=C(c4ccc(C(N)=O)nc4C4CC4)C(C)C3)cc2[nH]c1=O. The number of nitrogens with two attached hydrogens (primary N) is 1. The number of aromatic nitrogens is 3. The van der Waals surface area contributed by atoms with Crippen molar-refractivity contribution >= 4 is 22.5 Å². The molecule has 5 rings (SSSR count). The summed E-state index contributed by atoms with van der Waals surface area (Å²) in [5.41, 5.74) is 12.7. The zero-order valence-electron chi connectivity index (χ0n) is 19.1. The van der Waals surface area contributed by atoms with E-state index in [1.165, 1.54) is 5.57 Å². The van der Waals surface area contributed by atoms with E-state index in [2.05, 4.69) is 32.9 Å². The van der Waals surface area contributed by atoms with Gasteiger partial charge in [0.15, 0.2) is 0 Å². The Morgan fingerprint density at radius 3 is 2.79 bits per heavy atom. The normalized spacial score (nSPS) is 19.0. The van der Waals surface area contributed by atoms with Crippen molar-refractivity contribution in [3.63, 3.8) is 0 Å². The highest BCUT2D eigenvalue weighted by Gasteiger charge is 2.31. The second kappa shape index (κ2) is 8.56. The molecule has 2 aliphatic rings. The molecule has 170 valence electrons. The third-order valence-electron chi connectivity index (χ3n) is 6.70. The number of carbonyl (C=O) groups excluding carboxylic acids is 1. The van der Waals surface area contributed by atoms with Crippen LogP contribution in [0.2, 0.25) is 0 Å². The van der Waals surface area contributed by atoms with Crippen molar-refractivity contribution < 1.29 is 4.79 Å². The van der Waals surface area contributed by atoms with Gasteiger partial charge in [0.05, 0.1) is 16.7 Å². The van der Waals surface area contributed by atoms with Gasteiger partial charge in [-0.1, -0.05) is 26.0 Å². The fourth-order valence-electron chi connectivity index (χ4n) is 4.79. The van der Waals surface area contributed by atoms with Gasteiger partial charge in [-0.05, 0) is 60.1 Å². The van der Waals surface area contributed by atoms with E-state index in [1.54, 1.807) is 6.07 Å².